The number of fused-ring (bicyclic) bond motifs is 2. The fraction of sp³-hybridized carbons (Fsp3) is 0.0909. The van der Waals surface area contributed by atoms with Gasteiger partial charge < -0.3 is 15.2 Å². The molecule has 0 radical (unpaired) electrons. The maximum Gasteiger partial charge on any atom is 0.231 e. The zero-order chi connectivity index (χ0) is 9.54. The average Bonchev–Trinajstić information content (AvgIpc) is 2.61. The Labute approximate surface area is 81.0 Å². The SMILES string of the molecule is Nc1ccc2cc3c(cc2c1)OCO3. The molecule has 2 N–H and O–H groups in total. The van der Waals surface area contributed by atoms with Crippen molar-refractivity contribution in [2.24, 2.45) is 0 Å². The highest BCUT2D eigenvalue weighted by Crippen LogP contribution is 2.36. The molecule has 0 amide bonds. The van der Waals surface area contributed by atoms with Crippen molar-refractivity contribution in [2.45, 2.75) is 0 Å². The van der Waals surface area contributed by atoms with Gasteiger partial charge in [-0.25, -0.2) is 0 Å². The van der Waals surface area contributed by atoms with E-state index in [1.54, 1.807) is 0 Å². The molecule has 3 rings (SSSR count). The highest BCUT2D eigenvalue weighted by atomic mass is 16.7. The maximum absolute atomic E-state index is 5.70. The predicted molar refractivity (Wildman–Crippen MR) is 54.5 cm³/mol. The van der Waals surface area contributed by atoms with Gasteiger partial charge in [0.2, 0.25) is 6.79 Å². The van der Waals surface area contributed by atoms with E-state index in [-0.39, 0.29) is 0 Å². The van der Waals surface area contributed by atoms with Crippen molar-refractivity contribution in [3.63, 3.8) is 0 Å². The Balaban J connectivity index is 2.33. The Morgan fingerprint density at radius 2 is 1.64 bits per heavy atom. The summed E-state index contributed by atoms with van der Waals surface area (Å²) >= 11 is 0. The number of anilines is 1. The summed E-state index contributed by atoms with van der Waals surface area (Å²) in [7, 11) is 0. The fourth-order valence-corrected chi connectivity index (χ4v) is 1.66. The molecule has 2 aromatic rings. The molecule has 0 atom stereocenters. The molecular formula is C11H9NO2. The molecule has 0 unspecified atom stereocenters. The van der Waals surface area contributed by atoms with Crippen molar-refractivity contribution >= 4 is 16.5 Å². The number of ether oxygens (including phenoxy) is 2. The van der Waals surface area contributed by atoms with E-state index < -0.39 is 0 Å². The molecule has 0 saturated carbocycles. The maximum atomic E-state index is 5.70. The molecule has 1 heterocycles. The normalized spacial score (nSPS) is 13.4. The monoisotopic (exact) mass is 187 g/mol. The first-order valence-corrected chi connectivity index (χ1v) is 4.42. The Kier molecular flexibility index (Phi) is 1.36. The van der Waals surface area contributed by atoms with Gasteiger partial charge in [0.15, 0.2) is 11.5 Å². The first kappa shape index (κ1) is 7.50. The van der Waals surface area contributed by atoms with Gasteiger partial charge in [0.1, 0.15) is 0 Å². The smallest absolute Gasteiger partial charge is 0.231 e. The first-order valence-electron chi connectivity index (χ1n) is 4.42. The van der Waals surface area contributed by atoms with Gasteiger partial charge in [-0.2, -0.15) is 0 Å². The second-order valence-electron chi connectivity index (χ2n) is 3.31. The summed E-state index contributed by atoms with van der Waals surface area (Å²) in [4.78, 5) is 0. The minimum atomic E-state index is 0.307. The summed E-state index contributed by atoms with van der Waals surface area (Å²) in [5, 5.41) is 2.19. The van der Waals surface area contributed by atoms with Gasteiger partial charge in [-0.3, -0.25) is 0 Å². The molecule has 70 valence electrons. The van der Waals surface area contributed by atoms with Crippen LogP contribution < -0.4 is 15.2 Å². The standard InChI is InChI=1S/C11H9NO2/c12-9-2-1-7-4-10-11(14-6-13-10)5-8(7)3-9/h1-5H,6,12H2. The van der Waals surface area contributed by atoms with E-state index in [1.807, 2.05) is 30.3 Å². The Bertz CT molecular complexity index is 508. The summed E-state index contributed by atoms with van der Waals surface area (Å²) in [6.07, 6.45) is 0. The highest BCUT2D eigenvalue weighted by molar-refractivity contribution is 5.88. The molecule has 1 aliphatic heterocycles. The van der Waals surface area contributed by atoms with Crippen LogP contribution in [-0.4, -0.2) is 6.79 Å². The van der Waals surface area contributed by atoms with Gasteiger partial charge in [-0.1, -0.05) is 6.07 Å². The Morgan fingerprint density at radius 3 is 2.43 bits per heavy atom. The van der Waals surface area contributed by atoms with Crippen LogP contribution in [0.5, 0.6) is 11.5 Å². The molecule has 0 saturated heterocycles. The molecule has 0 aromatic heterocycles. The van der Waals surface area contributed by atoms with Crippen molar-refractivity contribution in [2.75, 3.05) is 12.5 Å². The lowest BCUT2D eigenvalue weighted by atomic mass is 10.1. The fourth-order valence-electron chi connectivity index (χ4n) is 1.66. The molecular weight excluding hydrogens is 178 g/mol. The van der Waals surface area contributed by atoms with Crippen LogP contribution in [0.1, 0.15) is 0 Å². The van der Waals surface area contributed by atoms with Crippen LogP contribution in [0.2, 0.25) is 0 Å². The van der Waals surface area contributed by atoms with E-state index in [2.05, 4.69) is 0 Å². The number of nitrogen functional groups attached to an aromatic ring is 1. The lowest BCUT2D eigenvalue weighted by Crippen LogP contribution is -1.92. The molecule has 14 heavy (non-hydrogen) atoms. The van der Waals surface area contributed by atoms with Crippen LogP contribution in [-0.2, 0) is 0 Å². The minimum Gasteiger partial charge on any atom is -0.454 e. The number of nitrogens with two attached hydrogens (primary N) is 1. The van der Waals surface area contributed by atoms with Gasteiger partial charge in [-0.15, -0.1) is 0 Å². The van der Waals surface area contributed by atoms with Crippen LogP contribution in [0.3, 0.4) is 0 Å². The highest BCUT2D eigenvalue weighted by Gasteiger charge is 2.13. The molecule has 3 heteroatoms. The zero-order valence-electron chi connectivity index (χ0n) is 7.49. The van der Waals surface area contributed by atoms with E-state index in [0.29, 0.717) is 6.79 Å². The van der Waals surface area contributed by atoms with Crippen LogP contribution in [0.4, 0.5) is 5.69 Å². The van der Waals surface area contributed by atoms with E-state index in [9.17, 15) is 0 Å². The van der Waals surface area contributed by atoms with Crippen LogP contribution >= 0.6 is 0 Å². The van der Waals surface area contributed by atoms with Gasteiger partial charge >= 0.3 is 0 Å². The molecule has 0 fully saturated rings. The zero-order valence-corrected chi connectivity index (χ0v) is 7.49. The minimum absolute atomic E-state index is 0.307. The second-order valence-corrected chi connectivity index (χ2v) is 3.31. The third-order valence-corrected chi connectivity index (χ3v) is 2.36. The van der Waals surface area contributed by atoms with Crippen molar-refractivity contribution in [3.05, 3.63) is 30.3 Å². The molecule has 1 aliphatic rings. The van der Waals surface area contributed by atoms with Crippen molar-refractivity contribution in [1.82, 2.24) is 0 Å². The van der Waals surface area contributed by atoms with Gasteiger partial charge in [0.05, 0.1) is 0 Å². The number of hydrogen-bond donors (Lipinski definition) is 1. The van der Waals surface area contributed by atoms with E-state index in [1.165, 1.54) is 0 Å². The summed E-state index contributed by atoms with van der Waals surface area (Å²) in [5.41, 5.74) is 6.46. The summed E-state index contributed by atoms with van der Waals surface area (Å²) in [5.74, 6) is 1.60. The molecule has 2 aromatic carbocycles. The lowest BCUT2D eigenvalue weighted by molar-refractivity contribution is 0.174. The van der Waals surface area contributed by atoms with Crippen molar-refractivity contribution in [3.8, 4) is 11.5 Å². The molecule has 0 spiro atoms. The van der Waals surface area contributed by atoms with Crippen molar-refractivity contribution in [1.29, 1.82) is 0 Å². The third-order valence-electron chi connectivity index (χ3n) is 2.36. The molecule has 0 bridgehead atoms. The number of rotatable bonds is 0. The molecule has 0 aliphatic carbocycles. The topological polar surface area (TPSA) is 44.5 Å². The summed E-state index contributed by atoms with van der Waals surface area (Å²) < 4.78 is 10.6. The average molecular weight is 187 g/mol. The Hall–Kier alpha value is -1.90. The summed E-state index contributed by atoms with van der Waals surface area (Å²) in [6.45, 7) is 0.307. The quantitative estimate of drug-likeness (QED) is 0.643. The predicted octanol–water partition coefficient (Wildman–Crippen LogP) is 2.15. The van der Waals surface area contributed by atoms with E-state index in [4.69, 9.17) is 15.2 Å². The Morgan fingerprint density at radius 1 is 0.929 bits per heavy atom. The lowest BCUT2D eigenvalue weighted by Gasteiger charge is -2.01. The van der Waals surface area contributed by atoms with Gasteiger partial charge in [0.25, 0.3) is 0 Å². The van der Waals surface area contributed by atoms with E-state index in [0.717, 1.165) is 28.0 Å². The third kappa shape index (κ3) is 0.988. The van der Waals surface area contributed by atoms with Crippen molar-refractivity contribution < 1.29 is 9.47 Å². The van der Waals surface area contributed by atoms with E-state index >= 15 is 0 Å². The number of benzene rings is 2. The summed E-state index contributed by atoms with van der Waals surface area (Å²) in [6, 6.07) is 9.71. The molecule has 3 nitrogen and oxygen atoms in total. The number of hydrogen-bond acceptors (Lipinski definition) is 3. The van der Waals surface area contributed by atoms with Crippen LogP contribution in [0.15, 0.2) is 30.3 Å². The van der Waals surface area contributed by atoms with Crippen LogP contribution in [0, 0.1) is 0 Å². The van der Waals surface area contributed by atoms with Gasteiger partial charge in [0, 0.05) is 5.69 Å². The first-order chi connectivity index (χ1) is 6.83. The van der Waals surface area contributed by atoms with Crippen LogP contribution in [0.25, 0.3) is 10.8 Å². The van der Waals surface area contributed by atoms with Gasteiger partial charge in [-0.05, 0) is 35.0 Å². The largest absolute Gasteiger partial charge is 0.454 e. The second kappa shape index (κ2) is 2.54.